The molecular formula is C16H19FIN3O. The maximum Gasteiger partial charge on any atom is 0.193 e. The van der Waals surface area contributed by atoms with Crippen LogP contribution in [0.3, 0.4) is 0 Å². The van der Waals surface area contributed by atoms with Crippen LogP contribution >= 0.6 is 24.0 Å². The van der Waals surface area contributed by atoms with Gasteiger partial charge in [-0.25, -0.2) is 9.38 Å². The lowest BCUT2D eigenvalue weighted by Crippen LogP contribution is -2.22. The van der Waals surface area contributed by atoms with E-state index in [9.17, 15) is 4.39 Å². The molecule has 4 nitrogen and oxygen atoms in total. The molecule has 0 unspecified atom stereocenters. The van der Waals surface area contributed by atoms with Gasteiger partial charge in [0, 0.05) is 18.4 Å². The lowest BCUT2D eigenvalue weighted by atomic mass is 10.1. The zero-order valence-corrected chi connectivity index (χ0v) is 14.6. The number of aliphatic imine (C=N–C) groups is 1. The van der Waals surface area contributed by atoms with Crippen LogP contribution in [0.1, 0.15) is 11.1 Å². The van der Waals surface area contributed by atoms with E-state index in [1.165, 1.54) is 13.2 Å². The molecule has 2 aromatic rings. The fourth-order valence-electron chi connectivity index (χ4n) is 1.88. The largest absolute Gasteiger partial charge is 0.380 e. The van der Waals surface area contributed by atoms with E-state index in [1.807, 2.05) is 30.3 Å². The summed E-state index contributed by atoms with van der Waals surface area (Å²) in [5, 5.41) is 2.99. The number of methoxy groups -OCH3 is 1. The fraction of sp³-hybridized carbons (Fsp3) is 0.188. The SMILES string of the molecule is COCc1cc(CN=C(N)Nc2ccccc2)ccc1F.I. The third kappa shape index (κ3) is 5.61. The summed E-state index contributed by atoms with van der Waals surface area (Å²) in [6.45, 7) is 0.615. The first-order valence-electron chi connectivity index (χ1n) is 6.57. The standard InChI is InChI=1S/C16H18FN3O.HI/c1-21-11-13-9-12(7-8-15(13)17)10-19-16(18)20-14-5-3-2-4-6-14;/h2-9H,10-11H2,1H3,(H3,18,19,20);1H. The van der Waals surface area contributed by atoms with Crippen LogP contribution in [-0.2, 0) is 17.9 Å². The Labute approximate surface area is 146 Å². The number of nitrogens with two attached hydrogens (primary N) is 1. The quantitative estimate of drug-likeness (QED) is 0.447. The highest BCUT2D eigenvalue weighted by Gasteiger charge is 2.03. The van der Waals surface area contributed by atoms with Crippen LogP contribution < -0.4 is 11.1 Å². The van der Waals surface area contributed by atoms with E-state index in [0.29, 0.717) is 18.1 Å². The summed E-state index contributed by atoms with van der Waals surface area (Å²) in [5.41, 5.74) is 8.08. The molecule has 2 rings (SSSR count). The highest BCUT2D eigenvalue weighted by atomic mass is 127. The molecule has 2 aromatic carbocycles. The summed E-state index contributed by atoms with van der Waals surface area (Å²) in [5.74, 6) is 0.0405. The summed E-state index contributed by atoms with van der Waals surface area (Å²) in [4.78, 5) is 4.24. The molecule has 118 valence electrons. The van der Waals surface area contributed by atoms with Crippen LogP contribution in [0.15, 0.2) is 53.5 Å². The minimum absolute atomic E-state index is 0. The van der Waals surface area contributed by atoms with Crippen molar-refractivity contribution in [3.63, 3.8) is 0 Å². The molecule has 22 heavy (non-hydrogen) atoms. The number of benzene rings is 2. The van der Waals surface area contributed by atoms with Gasteiger partial charge in [-0.15, -0.1) is 24.0 Å². The highest BCUT2D eigenvalue weighted by molar-refractivity contribution is 14.0. The first-order chi connectivity index (χ1) is 10.2. The van der Waals surface area contributed by atoms with Gasteiger partial charge in [0.25, 0.3) is 0 Å². The average Bonchev–Trinajstić information content (AvgIpc) is 2.49. The minimum Gasteiger partial charge on any atom is -0.380 e. The van der Waals surface area contributed by atoms with Crippen molar-refractivity contribution in [3.05, 3.63) is 65.5 Å². The van der Waals surface area contributed by atoms with Gasteiger partial charge in [0.2, 0.25) is 0 Å². The number of guanidine groups is 1. The van der Waals surface area contributed by atoms with Crippen molar-refractivity contribution in [2.75, 3.05) is 12.4 Å². The number of nitrogens with one attached hydrogen (secondary N) is 1. The van der Waals surface area contributed by atoms with Crippen LogP contribution in [0, 0.1) is 5.82 Å². The monoisotopic (exact) mass is 415 g/mol. The van der Waals surface area contributed by atoms with E-state index < -0.39 is 0 Å². The van der Waals surface area contributed by atoms with Gasteiger partial charge in [-0.05, 0) is 29.8 Å². The van der Waals surface area contributed by atoms with E-state index >= 15 is 0 Å². The van der Waals surface area contributed by atoms with Gasteiger partial charge in [0.05, 0.1) is 13.2 Å². The summed E-state index contributed by atoms with van der Waals surface area (Å²) < 4.78 is 18.4. The molecule has 0 aliphatic carbocycles. The van der Waals surface area contributed by atoms with Crippen LogP contribution in [0.4, 0.5) is 10.1 Å². The van der Waals surface area contributed by atoms with Crippen LogP contribution in [0.25, 0.3) is 0 Å². The second kappa shape index (κ2) is 9.37. The van der Waals surface area contributed by atoms with E-state index in [4.69, 9.17) is 10.5 Å². The smallest absolute Gasteiger partial charge is 0.193 e. The maximum absolute atomic E-state index is 13.5. The Kier molecular flexibility index (Phi) is 7.83. The first kappa shape index (κ1) is 18.4. The number of anilines is 1. The van der Waals surface area contributed by atoms with E-state index in [2.05, 4.69) is 10.3 Å². The van der Waals surface area contributed by atoms with E-state index in [-0.39, 0.29) is 36.4 Å². The normalized spacial score (nSPS) is 10.9. The molecule has 0 heterocycles. The predicted octanol–water partition coefficient (Wildman–Crippen LogP) is 3.52. The van der Waals surface area contributed by atoms with Gasteiger partial charge in [-0.2, -0.15) is 0 Å². The summed E-state index contributed by atoms with van der Waals surface area (Å²) >= 11 is 0. The summed E-state index contributed by atoms with van der Waals surface area (Å²) in [7, 11) is 1.53. The zero-order valence-electron chi connectivity index (χ0n) is 12.3. The van der Waals surface area contributed by atoms with Crippen molar-refractivity contribution < 1.29 is 9.13 Å². The highest BCUT2D eigenvalue weighted by Crippen LogP contribution is 2.12. The molecule has 0 saturated heterocycles. The van der Waals surface area contributed by atoms with Crippen molar-refractivity contribution in [2.45, 2.75) is 13.2 Å². The van der Waals surface area contributed by atoms with Crippen LogP contribution in [-0.4, -0.2) is 13.1 Å². The Bertz CT molecular complexity index is 620. The van der Waals surface area contributed by atoms with E-state index in [0.717, 1.165) is 11.3 Å². The molecule has 0 aliphatic rings. The number of ether oxygens (including phenoxy) is 1. The molecule has 3 N–H and O–H groups in total. The third-order valence-electron chi connectivity index (χ3n) is 2.89. The molecule has 0 saturated carbocycles. The molecule has 0 radical (unpaired) electrons. The average molecular weight is 415 g/mol. The Morgan fingerprint density at radius 3 is 2.64 bits per heavy atom. The van der Waals surface area contributed by atoms with Crippen LogP contribution in [0.5, 0.6) is 0 Å². The molecule has 0 amide bonds. The second-order valence-electron chi connectivity index (χ2n) is 4.55. The third-order valence-corrected chi connectivity index (χ3v) is 2.89. The number of hydrogen-bond donors (Lipinski definition) is 2. The molecule has 0 bridgehead atoms. The van der Waals surface area contributed by atoms with Crippen LogP contribution in [0.2, 0.25) is 0 Å². The summed E-state index contributed by atoms with van der Waals surface area (Å²) in [6.07, 6.45) is 0. The van der Waals surface area contributed by atoms with Gasteiger partial charge in [0.1, 0.15) is 5.82 Å². The number of halogens is 2. The number of hydrogen-bond acceptors (Lipinski definition) is 2. The van der Waals surface area contributed by atoms with Crippen molar-refractivity contribution in [2.24, 2.45) is 10.7 Å². The van der Waals surface area contributed by atoms with Crippen molar-refractivity contribution >= 4 is 35.6 Å². The first-order valence-corrected chi connectivity index (χ1v) is 6.57. The van der Waals surface area contributed by atoms with Gasteiger partial charge in [-0.3, -0.25) is 0 Å². The van der Waals surface area contributed by atoms with Crippen molar-refractivity contribution in [1.82, 2.24) is 0 Å². The lowest BCUT2D eigenvalue weighted by Gasteiger charge is -2.07. The minimum atomic E-state index is -0.278. The molecule has 6 heteroatoms. The van der Waals surface area contributed by atoms with Gasteiger partial charge >= 0.3 is 0 Å². The zero-order chi connectivity index (χ0) is 15.1. The van der Waals surface area contributed by atoms with Gasteiger partial charge < -0.3 is 15.8 Å². The lowest BCUT2D eigenvalue weighted by molar-refractivity contribution is 0.181. The molecule has 0 fully saturated rings. The van der Waals surface area contributed by atoms with Crippen molar-refractivity contribution in [1.29, 1.82) is 0 Å². The Balaban J connectivity index is 0.00000242. The van der Waals surface area contributed by atoms with E-state index in [1.54, 1.807) is 12.1 Å². The maximum atomic E-state index is 13.5. The molecular weight excluding hydrogens is 396 g/mol. The summed E-state index contributed by atoms with van der Waals surface area (Å²) in [6, 6.07) is 14.4. The van der Waals surface area contributed by atoms with Crippen molar-refractivity contribution in [3.8, 4) is 0 Å². The predicted molar refractivity (Wildman–Crippen MR) is 97.9 cm³/mol. The van der Waals surface area contributed by atoms with Gasteiger partial charge in [-0.1, -0.05) is 24.3 Å². The fourth-order valence-corrected chi connectivity index (χ4v) is 1.88. The molecule has 0 spiro atoms. The number of rotatable bonds is 5. The van der Waals surface area contributed by atoms with Gasteiger partial charge in [0.15, 0.2) is 5.96 Å². The molecule has 0 aliphatic heterocycles. The molecule has 0 aromatic heterocycles. The molecule has 0 atom stereocenters. The number of nitrogens with zero attached hydrogens (tertiary/aromatic N) is 1. The topological polar surface area (TPSA) is 59.6 Å². The Morgan fingerprint density at radius 1 is 1.23 bits per heavy atom. The Hall–Kier alpha value is -1.67. The number of para-hydroxylation sites is 1. The second-order valence-corrected chi connectivity index (χ2v) is 4.55. The Morgan fingerprint density at radius 2 is 1.95 bits per heavy atom.